The first-order valence-corrected chi connectivity index (χ1v) is 8.02. The lowest BCUT2D eigenvalue weighted by Gasteiger charge is -2.21. The molecule has 1 aromatic carbocycles. The van der Waals surface area contributed by atoms with Crippen molar-refractivity contribution in [1.82, 2.24) is 10.6 Å². The van der Waals surface area contributed by atoms with Gasteiger partial charge in [-0.15, -0.1) is 0 Å². The Morgan fingerprint density at radius 2 is 1.73 bits per heavy atom. The van der Waals surface area contributed by atoms with Gasteiger partial charge in [-0.25, -0.2) is 4.79 Å². The maximum absolute atomic E-state index is 11.9. The lowest BCUT2D eigenvalue weighted by atomic mass is 9.86. The minimum absolute atomic E-state index is 0.0425. The van der Waals surface area contributed by atoms with Crippen molar-refractivity contribution in [3.05, 3.63) is 35.4 Å². The van der Waals surface area contributed by atoms with E-state index in [9.17, 15) is 4.79 Å². The topological polar surface area (TPSA) is 61.4 Å². The third-order valence-corrected chi connectivity index (χ3v) is 3.80. The third kappa shape index (κ3) is 6.06. The van der Waals surface area contributed by atoms with E-state index < -0.39 is 0 Å². The van der Waals surface area contributed by atoms with E-state index in [0.717, 1.165) is 12.0 Å². The highest BCUT2D eigenvalue weighted by Crippen LogP contribution is 2.23. The molecule has 2 amide bonds. The van der Waals surface area contributed by atoms with Crippen molar-refractivity contribution >= 4 is 6.03 Å². The van der Waals surface area contributed by atoms with Gasteiger partial charge in [-0.05, 0) is 43.2 Å². The van der Waals surface area contributed by atoms with Crippen LogP contribution in [0.4, 0.5) is 4.79 Å². The number of carbonyl (C=O) groups is 1. The number of urea groups is 1. The fourth-order valence-corrected chi connectivity index (χ4v) is 2.29. The molecule has 124 valence electrons. The average molecular weight is 306 g/mol. The molecule has 4 heteroatoms. The van der Waals surface area contributed by atoms with Gasteiger partial charge < -0.3 is 15.7 Å². The molecule has 1 aromatic rings. The normalized spacial score (nSPS) is 14.3. The molecule has 2 atom stereocenters. The van der Waals surface area contributed by atoms with E-state index in [1.807, 2.05) is 13.8 Å². The van der Waals surface area contributed by atoms with Crippen LogP contribution < -0.4 is 10.6 Å². The first kappa shape index (κ1) is 18.5. The molecular formula is C18H30N2O2. The van der Waals surface area contributed by atoms with Crippen LogP contribution in [0.2, 0.25) is 0 Å². The number of benzene rings is 1. The molecule has 0 heterocycles. The van der Waals surface area contributed by atoms with E-state index in [-0.39, 0.29) is 30.1 Å². The molecule has 0 spiro atoms. The van der Waals surface area contributed by atoms with Crippen molar-refractivity contribution in [2.75, 3.05) is 6.61 Å². The third-order valence-electron chi connectivity index (χ3n) is 3.80. The van der Waals surface area contributed by atoms with Crippen LogP contribution in [-0.2, 0) is 5.41 Å². The Labute approximate surface area is 134 Å². The Balaban J connectivity index is 2.54. The number of amides is 2. The summed E-state index contributed by atoms with van der Waals surface area (Å²) in [6.45, 7) is 10.6. The molecule has 0 aromatic heterocycles. The van der Waals surface area contributed by atoms with Crippen molar-refractivity contribution in [3.63, 3.8) is 0 Å². The van der Waals surface area contributed by atoms with E-state index in [2.05, 4.69) is 55.7 Å². The summed E-state index contributed by atoms with van der Waals surface area (Å²) in [7, 11) is 0. The first-order valence-electron chi connectivity index (χ1n) is 8.02. The zero-order valence-corrected chi connectivity index (χ0v) is 14.4. The molecule has 0 radical (unpaired) electrons. The van der Waals surface area contributed by atoms with E-state index in [0.29, 0.717) is 6.42 Å². The summed E-state index contributed by atoms with van der Waals surface area (Å²) in [6.07, 6.45) is 1.48. The van der Waals surface area contributed by atoms with Gasteiger partial charge in [0.2, 0.25) is 0 Å². The molecule has 0 aliphatic rings. The van der Waals surface area contributed by atoms with Gasteiger partial charge in [0.1, 0.15) is 0 Å². The minimum Gasteiger partial charge on any atom is -0.396 e. The Morgan fingerprint density at radius 1 is 1.14 bits per heavy atom. The Morgan fingerprint density at radius 3 is 2.23 bits per heavy atom. The summed E-state index contributed by atoms with van der Waals surface area (Å²) in [4.78, 5) is 11.9. The van der Waals surface area contributed by atoms with Crippen LogP contribution in [0.1, 0.15) is 64.6 Å². The van der Waals surface area contributed by atoms with Crippen LogP contribution in [0.15, 0.2) is 24.3 Å². The van der Waals surface area contributed by atoms with Crippen molar-refractivity contribution < 1.29 is 9.90 Å². The number of carbonyl (C=O) groups excluding carboxylic acids is 1. The minimum atomic E-state index is -0.169. The molecule has 0 aliphatic heterocycles. The van der Waals surface area contributed by atoms with Gasteiger partial charge in [0.15, 0.2) is 0 Å². The highest BCUT2D eigenvalue weighted by molar-refractivity contribution is 5.74. The summed E-state index contributed by atoms with van der Waals surface area (Å²) in [6, 6.07) is 8.23. The second-order valence-electron chi connectivity index (χ2n) is 6.98. The lowest BCUT2D eigenvalue weighted by Crippen LogP contribution is -2.41. The summed E-state index contributed by atoms with van der Waals surface area (Å²) < 4.78 is 0. The smallest absolute Gasteiger partial charge is 0.315 e. The first-order chi connectivity index (χ1) is 10.2. The maximum atomic E-state index is 11.9. The van der Waals surface area contributed by atoms with Crippen molar-refractivity contribution in [3.8, 4) is 0 Å². The molecule has 0 bridgehead atoms. The fraction of sp³-hybridized carbons (Fsp3) is 0.611. The molecule has 4 nitrogen and oxygen atoms in total. The fourth-order valence-electron chi connectivity index (χ4n) is 2.29. The number of nitrogens with one attached hydrogen (secondary N) is 2. The molecule has 3 N–H and O–H groups in total. The van der Waals surface area contributed by atoms with E-state index >= 15 is 0 Å². The number of hydrogen-bond donors (Lipinski definition) is 3. The van der Waals surface area contributed by atoms with Crippen molar-refractivity contribution in [1.29, 1.82) is 0 Å². The lowest BCUT2D eigenvalue weighted by molar-refractivity contribution is 0.231. The van der Waals surface area contributed by atoms with Crippen LogP contribution in [0.25, 0.3) is 0 Å². The van der Waals surface area contributed by atoms with Gasteiger partial charge in [-0.1, -0.05) is 45.0 Å². The number of aliphatic hydroxyl groups is 1. The van der Waals surface area contributed by atoms with Gasteiger partial charge in [-0.2, -0.15) is 0 Å². The summed E-state index contributed by atoms with van der Waals surface area (Å²) in [5.41, 5.74) is 2.51. The Bertz CT molecular complexity index is 463. The van der Waals surface area contributed by atoms with Crippen LogP contribution >= 0.6 is 0 Å². The number of rotatable bonds is 6. The summed E-state index contributed by atoms with van der Waals surface area (Å²) >= 11 is 0. The second kappa shape index (κ2) is 8.18. The van der Waals surface area contributed by atoms with Gasteiger partial charge in [0.25, 0.3) is 0 Å². The zero-order chi connectivity index (χ0) is 16.8. The molecule has 1 rings (SSSR count). The highest BCUT2D eigenvalue weighted by Gasteiger charge is 2.15. The molecule has 0 saturated carbocycles. The van der Waals surface area contributed by atoms with Gasteiger partial charge in [-0.3, -0.25) is 0 Å². The van der Waals surface area contributed by atoms with Crippen LogP contribution in [0, 0.1) is 0 Å². The Hall–Kier alpha value is -1.55. The van der Waals surface area contributed by atoms with Crippen molar-refractivity contribution in [2.45, 2.75) is 65.0 Å². The molecule has 0 fully saturated rings. The summed E-state index contributed by atoms with van der Waals surface area (Å²) in [5, 5.41) is 14.6. The predicted molar refractivity (Wildman–Crippen MR) is 91.0 cm³/mol. The zero-order valence-electron chi connectivity index (χ0n) is 14.4. The van der Waals surface area contributed by atoms with Gasteiger partial charge in [0, 0.05) is 12.6 Å². The second-order valence-corrected chi connectivity index (χ2v) is 6.98. The van der Waals surface area contributed by atoms with E-state index in [1.54, 1.807) is 0 Å². The van der Waals surface area contributed by atoms with E-state index in [1.165, 1.54) is 5.56 Å². The predicted octanol–water partition coefficient (Wildman–Crippen LogP) is 3.51. The van der Waals surface area contributed by atoms with Crippen LogP contribution in [-0.4, -0.2) is 23.8 Å². The highest BCUT2D eigenvalue weighted by atomic mass is 16.3. The largest absolute Gasteiger partial charge is 0.396 e. The van der Waals surface area contributed by atoms with Crippen LogP contribution in [0.5, 0.6) is 0 Å². The van der Waals surface area contributed by atoms with Gasteiger partial charge in [0.05, 0.1) is 6.04 Å². The van der Waals surface area contributed by atoms with Crippen LogP contribution in [0.3, 0.4) is 0 Å². The molecule has 0 saturated heterocycles. The molecule has 22 heavy (non-hydrogen) atoms. The quantitative estimate of drug-likeness (QED) is 0.753. The van der Waals surface area contributed by atoms with Gasteiger partial charge >= 0.3 is 6.03 Å². The monoisotopic (exact) mass is 306 g/mol. The standard InChI is InChI=1S/C18H30N2O2/c1-13(7-6-12-21)19-17(22)20-14(2)15-8-10-16(11-9-15)18(3,4)5/h8-11,13-14,21H,6-7,12H2,1-5H3,(H2,19,20,22). The van der Waals surface area contributed by atoms with Crippen molar-refractivity contribution in [2.24, 2.45) is 0 Å². The summed E-state index contributed by atoms with van der Waals surface area (Å²) in [5.74, 6) is 0. The Kier molecular flexibility index (Phi) is 6.88. The number of hydrogen-bond acceptors (Lipinski definition) is 2. The average Bonchev–Trinajstić information content (AvgIpc) is 2.44. The molecule has 2 unspecified atom stereocenters. The maximum Gasteiger partial charge on any atom is 0.315 e. The molecular weight excluding hydrogens is 276 g/mol. The number of aliphatic hydroxyl groups excluding tert-OH is 1. The SMILES string of the molecule is CC(CCCO)NC(=O)NC(C)c1ccc(C(C)(C)C)cc1. The molecule has 0 aliphatic carbocycles. The van der Waals surface area contributed by atoms with E-state index in [4.69, 9.17) is 5.11 Å².